The van der Waals surface area contributed by atoms with Crippen LogP contribution in [0.25, 0.3) is 0 Å². The minimum absolute atomic E-state index is 0.376. The van der Waals surface area contributed by atoms with Crippen molar-refractivity contribution in [3.8, 4) is 0 Å². The van der Waals surface area contributed by atoms with Crippen LogP contribution >= 0.6 is 0 Å². The molecule has 0 saturated heterocycles. The smallest absolute Gasteiger partial charge is 0.335 e. The maximum atomic E-state index is 11.1. The number of carbonyl (C=O) groups is 1. The Labute approximate surface area is 185 Å². The Hall–Kier alpha value is -1.51. The van der Waals surface area contributed by atoms with Crippen molar-refractivity contribution in [3.05, 3.63) is 29.3 Å². The molecule has 0 aromatic heterocycles. The predicted octanol–water partition coefficient (Wildman–Crippen LogP) is 8.23. The minimum Gasteiger partial charge on any atom is -0.478 e. The maximum absolute atomic E-state index is 11.1. The first kappa shape index (κ1) is 24.8. The molecule has 0 radical (unpaired) electrons. The van der Waals surface area contributed by atoms with Gasteiger partial charge in [0, 0.05) is 11.7 Å². The van der Waals surface area contributed by atoms with Crippen LogP contribution in [0.2, 0.25) is 0 Å². The van der Waals surface area contributed by atoms with Crippen LogP contribution in [0.5, 0.6) is 0 Å². The van der Waals surface area contributed by atoms with Gasteiger partial charge in [0.1, 0.15) is 0 Å². The second kappa shape index (κ2) is 14.5. The molecule has 0 aliphatic carbocycles. The molecule has 30 heavy (non-hydrogen) atoms. The lowest BCUT2D eigenvalue weighted by Crippen LogP contribution is -2.24. The van der Waals surface area contributed by atoms with Crippen LogP contribution in [-0.2, 0) is 6.42 Å². The third-order valence-electron chi connectivity index (χ3n) is 6.84. The van der Waals surface area contributed by atoms with Crippen molar-refractivity contribution >= 4 is 11.7 Å². The molecule has 1 aromatic carbocycles. The second-order valence-corrected chi connectivity index (χ2v) is 9.49. The highest BCUT2D eigenvalue weighted by atomic mass is 16.4. The number of hydrogen-bond donors (Lipinski definition) is 2. The van der Waals surface area contributed by atoms with Gasteiger partial charge in [0.25, 0.3) is 0 Å². The van der Waals surface area contributed by atoms with Crippen molar-refractivity contribution in [1.29, 1.82) is 0 Å². The average molecular weight is 416 g/mol. The van der Waals surface area contributed by atoms with Crippen molar-refractivity contribution in [2.45, 2.75) is 123 Å². The van der Waals surface area contributed by atoms with Gasteiger partial charge in [-0.25, -0.2) is 4.79 Å². The summed E-state index contributed by atoms with van der Waals surface area (Å²) in [5, 5.41) is 12.7. The zero-order valence-corrected chi connectivity index (χ0v) is 19.6. The molecule has 3 heteroatoms. The highest BCUT2D eigenvalue weighted by Crippen LogP contribution is 2.31. The van der Waals surface area contributed by atoms with E-state index in [-0.39, 0.29) is 0 Å². The highest BCUT2D eigenvalue weighted by molar-refractivity contribution is 5.89. The Morgan fingerprint density at radius 1 is 0.933 bits per heavy atom. The molecular formula is C27H45NO2. The monoisotopic (exact) mass is 415 g/mol. The molecule has 0 amide bonds. The number of hydrogen-bond acceptors (Lipinski definition) is 2. The molecule has 1 heterocycles. The van der Waals surface area contributed by atoms with E-state index in [2.05, 4.69) is 19.2 Å². The van der Waals surface area contributed by atoms with Gasteiger partial charge < -0.3 is 10.4 Å². The first-order valence-corrected chi connectivity index (χ1v) is 12.7. The number of carboxylic acid groups (broad SMARTS) is 1. The number of rotatable bonds is 17. The Bertz CT molecular complexity index is 613. The van der Waals surface area contributed by atoms with E-state index in [1.54, 1.807) is 12.1 Å². The SMILES string of the molecule is CCCCCCCCCCCCCCCCC(C)C1Cc2ccc(C(=O)O)cc2N1. The van der Waals surface area contributed by atoms with E-state index in [4.69, 9.17) is 5.11 Å². The Morgan fingerprint density at radius 3 is 2.00 bits per heavy atom. The summed E-state index contributed by atoms with van der Waals surface area (Å²) < 4.78 is 0. The van der Waals surface area contributed by atoms with Gasteiger partial charge in [-0.3, -0.25) is 0 Å². The first-order valence-electron chi connectivity index (χ1n) is 12.7. The van der Waals surface area contributed by atoms with Crippen LogP contribution in [-0.4, -0.2) is 17.1 Å². The van der Waals surface area contributed by atoms with Crippen molar-refractivity contribution < 1.29 is 9.90 Å². The summed E-state index contributed by atoms with van der Waals surface area (Å²) in [6.07, 6.45) is 22.0. The number of anilines is 1. The third kappa shape index (κ3) is 9.10. The van der Waals surface area contributed by atoms with Crippen LogP contribution in [0, 0.1) is 5.92 Å². The second-order valence-electron chi connectivity index (χ2n) is 9.49. The molecule has 1 aliphatic heterocycles. The van der Waals surface area contributed by atoms with Gasteiger partial charge in [-0.1, -0.05) is 110 Å². The maximum Gasteiger partial charge on any atom is 0.335 e. The Kier molecular flexibility index (Phi) is 12.0. The van der Waals surface area contributed by atoms with Crippen molar-refractivity contribution in [1.82, 2.24) is 0 Å². The zero-order valence-electron chi connectivity index (χ0n) is 19.6. The summed E-state index contributed by atoms with van der Waals surface area (Å²) in [5.41, 5.74) is 2.66. The molecule has 3 nitrogen and oxygen atoms in total. The topological polar surface area (TPSA) is 49.3 Å². The fraction of sp³-hybridized carbons (Fsp3) is 0.741. The molecule has 2 atom stereocenters. The lowest BCUT2D eigenvalue weighted by molar-refractivity contribution is 0.0697. The molecular weight excluding hydrogens is 370 g/mol. The van der Waals surface area contributed by atoms with E-state index < -0.39 is 5.97 Å². The highest BCUT2D eigenvalue weighted by Gasteiger charge is 2.25. The lowest BCUT2D eigenvalue weighted by atomic mass is 9.93. The zero-order chi connectivity index (χ0) is 21.6. The molecule has 2 N–H and O–H groups in total. The molecule has 0 saturated carbocycles. The molecule has 2 unspecified atom stereocenters. The largest absolute Gasteiger partial charge is 0.478 e. The average Bonchev–Trinajstić information content (AvgIpc) is 3.17. The third-order valence-corrected chi connectivity index (χ3v) is 6.84. The number of unbranched alkanes of at least 4 members (excludes halogenated alkanes) is 13. The normalized spacial score (nSPS) is 16.3. The minimum atomic E-state index is -0.849. The van der Waals surface area contributed by atoms with Crippen molar-refractivity contribution in [2.24, 2.45) is 5.92 Å². The van der Waals surface area contributed by atoms with E-state index in [1.165, 1.54) is 102 Å². The van der Waals surface area contributed by atoms with Gasteiger partial charge >= 0.3 is 5.97 Å². The molecule has 0 fully saturated rings. The van der Waals surface area contributed by atoms with Crippen LogP contribution in [0.3, 0.4) is 0 Å². The van der Waals surface area contributed by atoms with E-state index in [1.807, 2.05) is 6.07 Å². The van der Waals surface area contributed by atoms with Crippen molar-refractivity contribution in [2.75, 3.05) is 5.32 Å². The molecule has 2 rings (SSSR count). The predicted molar refractivity (Wildman–Crippen MR) is 129 cm³/mol. The number of aromatic carboxylic acids is 1. The van der Waals surface area contributed by atoms with Gasteiger partial charge in [0.2, 0.25) is 0 Å². The lowest BCUT2D eigenvalue weighted by Gasteiger charge is -2.20. The van der Waals surface area contributed by atoms with E-state index in [0.29, 0.717) is 17.5 Å². The molecule has 170 valence electrons. The number of nitrogens with one attached hydrogen (secondary N) is 1. The van der Waals surface area contributed by atoms with Crippen LogP contribution in [0.15, 0.2) is 18.2 Å². The summed E-state index contributed by atoms with van der Waals surface area (Å²) in [7, 11) is 0. The van der Waals surface area contributed by atoms with Gasteiger partial charge in [0.05, 0.1) is 5.56 Å². The Balaban J connectivity index is 1.44. The molecule has 1 aromatic rings. The summed E-state index contributed by atoms with van der Waals surface area (Å²) in [5.74, 6) is -0.221. The van der Waals surface area contributed by atoms with Crippen LogP contribution in [0.4, 0.5) is 5.69 Å². The van der Waals surface area contributed by atoms with Gasteiger partial charge in [-0.15, -0.1) is 0 Å². The van der Waals surface area contributed by atoms with Gasteiger partial charge in [-0.05, 0) is 36.5 Å². The van der Waals surface area contributed by atoms with Gasteiger partial charge in [-0.2, -0.15) is 0 Å². The van der Waals surface area contributed by atoms with E-state index >= 15 is 0 Å². The quantitative estimate of drug-likeness (QED) is 0.252. The van der Waals surface area contributed by atoms with Gasteiger partial charge in [0.15, 0.2) is 0 Å². The Morgan fingerprint density at radius 2 is 1.47 bits per heavy atom. The number of carboxylic acids is 1. The summed E-state index contributed by atoms with van der Waals surface area (Å²) in [6.45, 7) is 4.62. The molecule has 0 spiro atoms. The fourth-order valence-corrected chi connectivity index (χ4v) is 4.72. The standard InChI is InChI=1S/C27H45NO2/c1-3-4-5-6-7-8-9-10-11-12-13-14-15-16-17-22(2)25-20-23-18-19-24(27(29)30)21-26(23)28-25/h18-19,21-22,25,28H,3-17,20H2,1-2H3,(H,29,30). The molecule has 0 bridgehead atoms. The first-order chi connectivity index (χ1) is 14.6. The summed E-state index contributed by atoms with van der Waals surface area (Å²) in [6, 6.07) is 5.94. The van der Waals surface area contributed by atoms with Crippen LogP contribution < -0.4 is 5.32 Å². The summed E-state index contributed by atoms with van der Waals surface area (Å²) >= 11 is 0. The van der Waals surface area contributed by atoms with E-state index in [0.717, 1.165) is 12.1 Å². The fourth-order valence-electron chi connectivity index (χ4n) is 4.72. The number of fused-ring (bicyclic) bond motifs is 1. The van der Waals surface area contributed by atoms with Crippen molar-refractivity contribution in [3.63, 3.8) is 0 Å². The number of benzene rings is 1. The van der Waals surface area contributed by atoms with E-state index in [9.17, 15) is 4.79 Å². The summed E-state index contributed by atoms with van der Waals surface area (Å²) in [4.78, 5) is 11.1. The molecule has 1 aliphatic rings. The van der Waals surface area contributed by atoms with Crippen LogP contribution in [0.1, 0.15) is 126 Å².